The second-order valence-corrected chi connectivity index (χ2v) is 7.20. The number of amides is 1. The molecular formula is C20H16IN5O3. The van der Waals surface area contributed by atoms with Crippen molar-refractivity contribution < 1.29 is 9.90 Å². The number of hydrogen-bond donors (Lipinski definition) is 1. The van der Waals surface area contributed by atoms with E-state index in [-0.39, 0.29) is 11.7 Å². The Morgan fingerprint density at radius 2 is 2.00 bits per heavy atom. The largest absolute Gasteiger partial charge is 0.502 e. The number of aromatic hydroxyl groups is 1. The van der Waals surface area contributed by atoms with Gasteiger partial charge in [0.05, 0.1) is 12.2 Å². The fourth-order valence-electron chi connectivity index (χ4n) is 3.57. The minimum atomic E-state index is -0.686. The van der Waals surface area contributed by atoms with Crippen LogP contribution in [0, 0.1) is 9.85 Å². The molecule has 9 heteroatoms. The second-order valence-electron chi connectivity index (χ2n) is 6.66. The number of rotatable bonds is 3. The number of hydrogen-bond acceptors (Lipinski definition) is 5. The van der Waals surface area contributed by atoms with Gasteiger partial charge in [-0.1, -0.05) is 30.3 Å². The lowest BCUT2D eigenvalue weighted by molar-refractivity contribution is 0.0667. The fourth-order valence-corrected chi connectivity index (χ4v) is 3.85. The molecule has 0 bridgehead atoms. The smallest absolute Gasteiger partial charge is 0.275 e. The van der Waals surface area contributed by atoms with Crippen LogP contribution in [0.3, 0.4) is 0 Å². The van der Waals surface area contributed by atoms with Crippen LogP contribution in [0.2, 0.25) is 0 Å². The van der Waals surface area contributed by atoms with Crippen molar-refractivity contribution in [2.45, 2.75) is 12.1 Å². The monoisotopic (exact) mass is 501 g/mol. The Bertz CT molecular complexity index is 1190. The minimum absolute atomic E-state index is 0.114. The Morgan fingerprint density at radius 1 is 1.24 bits per heavy atom. The number of halogens is 1. The normalized spacial score (nSPS) is 16.7. The second kappa shape index (κ2) is 7.71. The van der Waals surface area contributed by atoms with Crippen molar-refractivity contribution in [3.05, 3.63) is 76.0 Å². The molecule has 0 saturated carbocycles. The zero-order valence-electron chi connectivity index (χ0n) is 15.4. The fraction of sp³-hybridized carbons (Fsp3) is 0.200. The first-order valence-electron chi connectivity index (χ1n) is 8.79. The molecule has 0 aliphatic carbocycles. The highest BCUT2D eigenvalue weighted by Gasteiger charge is 2.38. The van der Waals surface area contributed by atoms with E-state index in [9.17, 15) is 14.7 Å². The van der Waals surface area contributed by atoms with Crippen LogP contribution in [-0.2, 0) is 0 Å². The molecule has 1 amide bonds. The zero-order valence-corrected chi connectivity index (χ0v) is 17.5. The Labute approximate surface area is 179 Å². The molecule has 0 radical (unpaired) electrons. The van der Waals surface area contributed by atoms with E-state index in [2.05, 4.69) is 20.0 Å². The number of nitrogens with zero attached hydrogens (tertiary/aromatic N) is 5. The lowest BCUT2D eigenvalue weighted by atomic mass is 9.97. The SMILES string of the molecule is CN1CC(C(c2ccccc2)n2ccc(C#CI)n2)n2ncc(=O)c(O)c2C1=O. The molecule has 8 nitrogen and oxygen atoms in total. The van der Waals surface area contributed by atoms with Gasteiger partial charge in [-0.25, -0.2) is 4.68 Å². The maximum Gasteiger partial charge on any atom is 0.275 e. The summed E-state index contributed by atoms with van der Waals surface area (Å²) in [7, 11) is 1.63. The van der Waals surface area contributed by atoms with Gasteiger partial charge in [-0.3, -0.25) is 14.3 Å². The number of aromatic nitrogens is 4. The molecule has 0 saturated heterocycles. The number of benzene rings is 1. The van der Waals surface area contributed by atoms with E-state index in [1.165, 1.54) is 9.58 Å². The van der Waals surface area contributed by atoms with Gasteiger partial charge in [-0.15, -0.1) is 0 Å². The lowest BCUT2D eigenvalue weighted by Gasteiger charge is -2.37. The third kappa shape index (κ3) is 3.40. The summed E-state index contributed by atoms with van der Waals surface area (Å²) in [6, 6.07) is 10.8. The van der Waals surface area contributed by atoms with E-state index < -0.39 is 23.1 Å². The van der Waals surface area contributed by atoms with Crippen LogP contribution in [-0.4, -0.2) is 49.1 Å². The third-order valence-corrected chi connectivity index (χ3v) is 5.15. The van der Waals surface area contributed by atoms with Gasteiger partial charge in [0.25, 0.3) is 5.91 Å². The van der Waals surface area contributed by atoms with E-state index in [0.29, 0.717) is 12.2 Å². The molecule has 2 aromatic heterocycles. The van der Waals surface area contributed by atoms with Crippen molar-refractivity contribution in [2.75, 3.05) is 13.6 Å². The lowest BCUT2D eigenvalue weighted by Crippen LogP contribution is -2.46. The Morgan fingerprint density at radius 3 is 2.72 bits per heavy atom. The van der Waals surface area contributed by atoms with E-state index in [4.69, 9.17) is 0 Å². The summed E-state index contributed by atoms with van der Waals surface area (Å²) < 4.78 is 6.01. The number of carbonyl (C=O) groups excluding carboxylic acids is 1. The molecule has 0 fully saturated rings. The summed E-state index contributed by atoms with van der Waals surface area (Å²) in [5, 5.41) is 19.0. The van der Waals surface area contributed by atoms with Crippen molar-refractivity contribution in [1.82, 2.24) is 24.5 Å². The molecule has 4 rings (SSSR count). The molecule has 1 N–H and O–H groups in total. The summed E-state index contributed by atoms with van der Waals surface area (Å²) in [6.45, 7) is 0.327. The first kappa shape index (κ1) is 19.2. The van der Waals surface area contributed by atoms with Gasteiger partial charge < -0.3 is 10.0 Å². The van der Waals surface area contributed by atoms with Gasteiger partial charge >= 0.3 is 0 Å². The van der Waals surface area contributed by atoms with E-state index >= 15 is 0 Å². The molecule has 1 aliphatic rings. The van der Waals surface area contributed by atoms with Gasteiger partial charge in [0.1, 0.15) is 11.7 Å². The van der Waals surface area contributed by atoms with Crippen molar-refractivity contribution in [1.29, 1.82) is 0 Å². The van der Waals surface area contributed by atoms with E-state index in [1.807, 2.05) is 65.2 Å². The maximum atomic E-state index is 12.6. The van der Waals surface area contributed by atoms with Crippen LogP contribution >= 0.6 is 22.6 Å². The first-order valence-corrected chi connectivity index (χ1v) is 9.87. The average Bonchev–Trinajstić information content (AvgIpc) is 3.17. The summed E-state index contributed by atoms with van der Waals surface area (Å²) in [6.07, 6.45) is 2.86. The Balaban J connectivity index is 1.92. The van der Waals surface area contributed by atoms with Gasteiger partial charge in [0.15, 0.2) is 11.4 Å². The number of carbonyl (C=O) groups is 1. The predicted molar refractivity (Wildman–Crippen MR) is 114 cm³/mol. The summed E-state index contributed by atoms with van der Waals surface area (Å²) in [4.78, 5) is 26.0. The topological polar surface area (TPSA) is 93.2 Å². The molecule has 146 valence electrons. The predicted octanol–water partition coefficient (Wildman–Crippen LogP) is 1.81. The highest BCUT2D eigenvalue weighted by Crippen LogP contribution is 2.35. The average molecular weight is 501 g/mol. The summed E-state index contributed by atoms with van der Waals surface area (Å²) in [5.41, 5.74) is 0.769. The van der Waals surface area contributed by atoms with Gasteiger partial charge in [-0.2, -0.15) is 10.2 Å². The van der Waals surface area contributed by atoms with Gasteiger partial charge in [0, 0.05) is 42.4 Å². The van der Waals surface area contributed by atoms with E-state index in [1.54, 1.807) is 11.7 Å². The van der Waals surface area contributed by atoms with Crippen LogP contribution in [0.15, 0.2) is 53.6 Å². The zero-order chi connectivity index (χ0) is 20.5. The van der Waals surface area contributed by atoms with Gasteiger partial charge in [-0.05, 0) is 21.5 Å². The van der Waals surface area contributed by atoms with E-state index in [0.717, 1.165) is 11.8 Å². The molecular weight excluding hydrogens is 485 g/mol. The summed E-state index contributed by atoms with van der Waals surface area (Å²) in [5.74, 6) is 1.88. The van der Waals surface area contributed by atoms with Crippen LogP contribution < -0.4 is 5.43 Å². The molecule has 0 spiro atoms. The quantitative estimate of drug-likeness (QED) is 0.437. The van der Waals surface area contributed by atoms with Crippen LogP contribution in [0.25, 0.3) is 0 Å². The Hall–Kier alpha value is -3.13. The van der Waals surface area contributed by atoms with Crippen molar-refractivity contribution in [3.63, 3.8) is 0 Å². The molecule has 3 aromatic rings. The highest BCUT2D eigenvalue weighted by molar-refractivity contribution is 14.1. The molecule has 1 aliphatic heterocycles. The van der Waals surface area contributed by atoms with Crippen molar-refractivity contribution in [3.8, 4) is 15.6 Å². The van der Waals surface area contributed by atoms with Crippen LogP contribution in [0.1, 0.15) is 33.8 Å². The number of likely N-dealkylation sites (N-methyl/N-ethyl adjacent to an activating group) is 1. The third-order valence-electron chi connectivity index (χ3n) is 4.88. The molecule has 3 heterocycles. The molecule has 29 heavy (non-hydrogen) atoms. The van der Waals surface area contributed by atoms with Crippen molar-refractivity contribution >= 4 is 28.5 Å². The number of fused-ring (bicyclic) bond motifs is 1. The molecule has 2 unspecified atom stereocenters. The first-order chi connectivity index (χ1) is 14.0. The Kier molecular flexibility index (Phi) is 5.10. The standard InChI is InChI=1S/C20H16IN5O3/c1-24-12-15(26-18(20(24)29)19(28)16(27)11-22-26)17(13-5-3-2-4-6-13)25-10-8-14(23-25)7-9-21/h2-6,8,10-11,15,17,28H,12H2,1H3. The van der Waals surface area contributed by atoms with Crippen LogP contribution in [0.4, 0.5) is 0 Å². The highest BCUT2D eigenvalue weighted by atomic mass is 127. The minimum Gasteiger partial charge on any atom is -0.502 e. The van der Waals surface area contributed by atoms with Crippen molar-refractivity contribution in [2.24, 2.45) is 0 Å². The molecule has 2 atom stereocenters. The maximum absolute atomic E-state index is 12.6. The summed E-state index contributed by atoms with van der Waals surface area (Å²) >= 11 is 1.96. The van der Waals surface area contributed by atoms with Crippen LogP contribution in [0.5, 0.6) is 5.75 Å². The van der Waals surface area contributed by atoms with Gasteiger partial charge in [0.2, 0.25) is 5.43 Å². The molecule has 1 aromatic carbocycles.